The maximum Gasteiger partial charge on any atom is 0.270 e. The molecule has 2 amide bonds. The van der Waals surface area contributed by atoms with Crippen molar-refractivity contribution >= 4 is 28.9 Å². The molecule has 3 N–H and O–H groups in total. The van der Waals surface area contributed by atoms with Crippen LogP contribution >= 0.6 is 0 Å². The van der Waals surface area contributed by atoms with Gasteiger partial charge in [-0.05, 0) is 51.1 Å². The molecule has 1 aromatic heterocycles. The molecule has 126 valence electrons. The van der Waals surface area contributed by atoms with Gasteiger partial charge in [-0.25, -0.2) is 4.98 Å². The van der Waals surface area contributed by atoms with Crippen LogP contribution in [0.5, 0.6) is 0 Å². The molecule has 6 nitrogen and oxygen atoms in total. The Kier molecular flexibility index (Phi) is 5.18. The Morgan fingerprint density at radius 2 is 1.71 bits per heavy atom. The molecule has 0 aliphatic carbocycles. The van der Waals surface area contributed by atoms with Gasteiger partial charge in [0.15, 0.2) is 0 Å². The van der Waals surface area contributed by atoms with Crippen LogP contribution in [0.2, 0.25) is 0 Å². The predicted octanol–water partition coefficient (Wildman–Crippen LogP) is 3.31. The summed E-state index contributed by atoms with van der Waals surface area (Å²) in [6.45, 7) is 7.22. The molecule has 0 saturated carbocycles. The zero-order valence-electron chi connectivity index (χ0n) is 14.3. The van der Waals surface area contributed by atoms with Crippen LogP contribution in [0.15, 0.2) is 42.6 Å². The van der Waals surface area contributed by atoms with Crippen molar-refractivity contribution in [3.63, 3.8) is 0 Å². The van der Waals surface area contributed by atoms with Gasteiger partial charge in [0.2, 0.25) is 5.91 Å². The molecule has 0 fully saturated rings. The van der Waals surface area contributed by atoms with Crippen LogP contribution in [-0.4, -0.2) is 22.3 Å². The Balaban J connectivity index is 2.06. The van der Waals surface area contributed by atoms with Crippen LogP contribution in [0.4, 0.5) is 17.1 Å². The average molecular weight is 326 g/mol. The summed E-state index contributed by atoms with van der Waals surface area (Å²) < 4.78 is 0. The van der Waals surface area contributed by atoms with Crippen molar-refractivity contribution in [1.29, 1.82) is 0 Å². The number of amides is 2. The van der Waals surface area contributed by atoms with Crippen LogP contribution in [0.1, 0.15) is 38.2 Å². The number of nitrogens with zero attached hydrogens (tertiary/aromatic N) is 1. The number of rotatable bonds is 4. The highest BCUT2D eigenvalue weighted by Crippen LogP contribution is 2.20. The first-order valence-electron chi connectivity index (χ1n) is 7.66. The number of benzene rings is 1. The molecule has 6 heteroatoms. The maximum absolute atomic E-state index is 12.0. The zero-order chi connectivity index (χ0) is 17.7. The summed E-state index contributed by atoms with van der Waals surface area (Å²) in [4.78, 5) is 27.3. The lowest BCUT2D eigenvalue weighted by Gasteiger charge is -2.20. The maximum atomic E-state index is 12.0. The standard InChI is InChI=1S/C18H22N4O2/c1-12(23)20-13-6-5-7-14(10-13)21-15-8-9-16(19-11-15)17(24)22-18(2,3)4/h5-11,21H,1-4H3,(H,20,23)(H,22,24). The third-order valence-electron chi connectivity index (χ3n) is 2.96. The van der Waals surface area contributed by atoms with Gasteiger partial charge >= 0.3 is 0 Å². The number of carbonyl (C=O) groups is 2. The van der Waals surface area contributed by atoms with Gasteiger partial charge in [-0.3, -0.25) is 9.59 Å². The lowest BCUT2D eigenvalue weighted by molar-refractivity contribution is -0.114. The second-order valence-electron chi connectivity index (χ2n) is 6.52. The molecule has 0 saturated heterocycles. The fraction of sp³-hybridized carbons (Fsp3) is 0.278. The Morgan fingerprint density at radius 1 is 1.00 bits per heavy atom. The SMILES string of the molecule is CC(=O)Nc1cccc(Nc2ccc(C(=O)NC(C)(C)C)nc2)c1. The first kappa shape index (κ1) is 17.5. The molecule has 24 heavy (non-hydrogen) atoms. The van der Waals surface area contributed by atoms with Crippen molar-refractivity contribution in [2.75, 3.05) is 10.6 Å². The second-order valence-corrected chi connectivity index (χ2v) is 6.52. The number of anilines is 3. The van der Waals surface area contributed by atoms with E-state index in [1.807, 2.05) is 45.0 Å². The normalized spacial score (nSPS) is 10.8. The van der Waals surface area contributed by atoms with Gasteiger partial charge in [0.05, 0.1) is 11.9 Å². The number of pyridine rings is 1. The van der Waals surface area contributed by atoms with E-state index in [0.717, 1.165) is 11.4 Å². The number of aromatic nitrogens is 1. The van der Waals surface area contributed by atoms with E-state index in [0.29, 0.717) is 11.4 Å². The monoisotopic (exact) mass is 326 g/mol. The van der Waals surface area contributed by atoms with Gasteiger partial charge < -0.3 is 16.0 Å². The van der Waals surface area contributed by atoms with Gasteiger partial charge in [-0.2, -0.15) is 0 Å². The molecule has 0 unspecified atom stereocenters. The minimum atomic E-state index is -0.306. The number of hydrogen-bond acceptors (Lipinski definition) is 4. The van der Waals surface area contributed by atoms with Crippen molar-refractivity contribution in [3.05, 3.63) is 48.3 Å². The van der Waals surface area contributed by atoms with E-state index in [1.54, 1.807) is 18.3 Å². The summed E-state index contributed by atoms with van der Waals surface area (Å²) in [6.07, 6.45) is 1.60. The van der Waals surface area contributed by atoms with Crippen molar-refractivity contribution in [2.45, 2.75) is 33.2 Å². The topological polar surface area (TPSA) is 83.1 Å². The summed E-state index contributed by atoms with van der Waals surface area (Å²) in [7, 11) is 0. The zero-order valence-corrected chi connectivity index (χ0v) is 14.3. The summed E-state index contributed by atoms with van der Waals surface area (Å²) in [5.41, 5.74) is 2.33. The molecule has 0 aliphatic rings. The van der Waals surface area contributed by atoms with E-state index >= 15 is 0 Å². The number of nitrogens with one attached hydrogen (secondary N) is 3. The van der Waals surface area contributed by atoms with Gasteiger partial charge in [-0.15, -0.1) is 0 Å². The van der Waals surface area contributed by atoms with E-state index < -0.39 is 0 Å². The van der Waals surface area contributed by atoms with E-state index in [9.17, 15) is 9.59 Å². The highest BCUT2D eigenvalue weighted by molar-refractivity contribution is 5.93. The van der Waals surface area contributed by atoms with E-state index in [4.69, 9.17) is 0 Å². The molecular formula is C18H22N4O2. The molecule has 1 heterocycles. The van der Waals surface area contributed by atoms with Gasteiger partial charge in [0.1, 0.15) is 5.69 Å². The Hall–Kier alpha value is -2.89. The third kappa shape index (κ3) is 5.39. The summed E-state index contributed by atoms with van der Waals surface area (Å²) in [6, 6.07) is 10.8. The molecule has 0 bridgehead atoms. The Morgan fingerprint density at radius 3 is 2.29 bits per heavy atom. The van der Waals surface area contributed by atoms with Crippen molar-refractivity contribution in [3.8, 4) is 0 Å². The Labute approximate surface area is 141 Å². The summed E-state index contributed by atoms with van der Waals surface area (Å²) in [5.74, 6) is -0.329. The van der Waals surface area contributed by atoms with Crippen LogP contribution < -0.4 is 16.0 Å². The van der Waals surface area contributed by atoms with Crippen molar-refractivity contribution in [2.24, 2.45) is 0 Å². The van der Waals surface area contributed by atoms with Crippen LogP contribution in [0.25, 0.3) is 0 Å². The van der Waals surface area contributed by atoms with Crippen molar-refractivity contribution < 1.29 is 9.59 Å². The van der Waals surface area contributed by atoms with E-state index in [-0.39, 0.29) is 17.4 Å². The van der Waals surface area contributed by atoms with Gasteiger partial charge in [-0.1, -0.05) is 6.07 Å². The Bertz CT molecular complexity index is 733. The highest BCUT2D eigenvalue weighted by atomic mass is 16.2. The second kappa shape index (κ2) is 7.12. The van der Waals surface area contributed by atoms with Crippen LogP contribution in [0, 0.1) is 0 Å². The van der Waals surface area contributed by atoms with Gasteiger partial charge in [0, 0.05) is 23.8 Å². The third-order valence-corrected chi connectivity index (χ3v) is 2.96. The quantitative estimate of drug-likeness (QED) is 0.805. The highest BCUT2D eigenvalue weighted by Gasteiger charge is 2.16. The first-order valence-corrected chi connectivity index (χ1v) is 7.66. The molecule has 0 atom stereocenters. The lowest BCUT2D eigenvalue weighted by atomic mass is 10.1. The summed E-state index contributed by atoms with van der Waals surface area (Å²) >= 11 is 0. The summed E-state index contributed by atoms with van der Waals surface area (Å²) in [5, 5.41) is 8.78. The van der Waals surface area contributed by atoms with E-state index in [2.05, 4.69) is 20.9 Å². The molecular weight excluding hydrogens is 304 g/mol. The van der Waals surface area contributed by atoms with Crippen LogP contribution in [-0.2, 0) is 4.79 Å². The van der Waals surface area contributed by atoms with Crippen molar-refractivity contribution in [1.82, 2.24) is 10.3 Å². The minimum absolute atomic E-state index is 0.122. The largest absolute Gasteiger partial charge is 0.354 e. The molecule has 2 rings (SSSR count). The lowest BCUT2D eigenvalue weighted by Crippen LogP contribution is -2.40. The average Bonchev–Trinajstić information content (AvgIpc) is 2.46. The van der Waals surface area contributed by atoms with E-state index in [1.165, 1.54) is 6.92 Å². The smallest absolute Gasteiger partial charge is 0.270 e. The van der Waals surface area contributed by atoms with Gasteiger partial charge in [0.25, 0.3) is 5.91 Å². The molecule has 2 aromatic rings. The fourth-order valence-electron chi connectivity index (χ4n) is 2.05. The minimum Gasteiger partial charge on any atom is -0.354 e. The number of hydrogen-bond donors (Lipinski definition) is 3. The van der Waals surface area contributed by atoms with Crippen LogP contribution in [0.3, 0.4) is 0 Å². The molecule has 0 aliphatic heterocycles. The first-order chi connectivity index (χ1) is 11.2. The molecule has 0 radical (unpaired) electrons. The number of carbonyl (C=O) groups excluding carboxylic acids is 2. The molecule has 0 spiro atoms. The molecule has 1 aromatic carbocycles. The predicted molar refractivity (Wildman–Crippen MR) is 95.5 cm³/mol. The fourth-order valence-corrected chi connectivity index (χ4v) is 2.05.